The predicted octanol–water partition coefficient (Wildman–Crippen LogP) is 4.27. The lowest BCUT2D eigenvalue weighted by Gasteiger charge is -2.16. The molecule has 0 aliphatic heterocycles. The fourth-order valence-electron chi connectivity index (χ4n) is 1.86. The van der Waals surface area contributed by atoms with Gasteiger partial charge in [0.05, 0.1) is 0 Å². The topological polar surface area (TPSA) is 0 Å². The van der Waals surface area contributed by atoms with Gasteiger partial charge in [-0.2, -0.15) is 0 Å². The summed E-state index contributed by atoms with van der Waals surface area (Å²) in [6.45, 7) is 4.37. The van der Waals surface area contributed by atoms with E-state index in [1.54, 1.807) is 12.1 Å². The Balaban J connectivity index is 2.58. The SMILES string of the molecule is CC(C)CC(CCl)Cc1cccc(F)c1. The third-order valence-corrected chi connectivity index (χ3v) is 2.87. The first-order chi connectivity index (χ1) is 7.11. The van der Waals surface area contributed by atoms with Crippen LogP contribution in [0.15, 0.2) is 24.3 Å². The molecule has 1 atom stereocenters. The molecule has 0 amide bonds. The van der Waals surface area contributed by atoms with Gasteiger partial charge in [-0.25, -0.2) is 4.39 Å². The van der Waals surface area contributed by atoms with E-state index in [4.69, 9.17) is 11.6 Å². The molecule has 0 fully saturated rings. The van der Waals surface area contributed by atoms with Crippen LogP contribution < -0.4 is 0 Å². The summed E-state index contributed by atoms with van der Waals surface area (Å²) in [6.07, 6.45) is 1.97. The second kappa shape index (κ2) is 6.12. The van der Waals surface area contributed by atoms with E-state index in [2.05, 4.69) is 13.8 Å². The summed E-state index contributed by atoms with van der Waals surface area (Å²) in [6, 6.07) is 6.79. The molecule has 2 heteroatoms. The molecular weight excluding hydrogens is 211 g/mol. The first kappa shape index (κ1) is 12.5. The van der Waals surface area contributed by atoms with Crippen LogP contribution in [0.4, 0.5) is 4.39 Å². The van der Waals surface area contributed by atoms with E-state index in [0.717, 1.165) is 18.4 Å². The van der Waals surface area contributed by atoms with Crippen molar-refractivity contribution in [1.29, 1.82) is 0 Å². The molecule has 0 aromatic heterocycles. The number of halogens is 2. The monoisotopic (exact) mass is 228 g/mol. The molecule has 1 aromatic rings. The smallest absolute Gasteiger partial charge is 0.123 e. The minimum Gasteiger partial charge on any atom is -0.207 e. The molecule has 1 rings (SSSR count). The van der Waals surface area contributed by atoms with Crippen molar-refractivity contribution in [3.63, 3.8) is 0 Å². The Bertz CT molecular complexity index is 296. The maximum atomic E-state index is 13.0. The fourth-order valence-corrected chi connectivity index (χ4v) is 2.10. The zero-order chi connectivity index (χ0) is 11.3. The summed E-state index contributed by atoms with van der Waals surface area (Å²) in [5.41, 5.74) is 1.04. The third kappa shape index (κ3) is 4.65. The molecule has 1 aromatic carbocycles. The van der Waals surface area contributed by atoms with Gasteiger partial charge in [0.15, 0.2) is 0 Å². The van der Waals surface area contributed by atoms with Crippen LogP contribution in [0.3, 0.4) is 0 Å². The molecule has 0 saturated heterocycles. The van der Waals surface area contributed by atoms with Crippen molar-refractivity contribution >= 4 is 11.6 Å². The maximum absolute atomic E-state index is 13.0. The van der Waals surface area contributed by atoms with E-state index in [0.29, 0.717) is 17.7 Å². The number of alkyl halides is 1. The Morgan fingerprint density at radius 3 is 2.60 bits per heavy atom. The normalized spacial score (nSPS) is 13.1. The number of benzene rings is 1. The van der Waals surface area contributed by atoms with Gasteiger partial charge < -0.3 is 0 Å². The van der Waals surface area contributed by atoms with Gasteiger partial charge in [0, 0.05) is 5.88 Å². The first-order valence-electron chi connectivity index (χ1n) is 5.42. The molecule has 0 spiro atoms. The molecule has 0 heterocycles. The fraction of sp³-hybridized carbons (Fsp3) is 0.538. The van der Waals surface area contributed by atoms with Crippen LogP contribution in [0.2, 0.25) is 0 Å². The zero-order valence-electron chi connectivity index (χ0n) is 9.34. The van der Waals surface area contributed by atoms with Gasteiger partial charge in [-0.1, -0.05) is 26.0 Å². The van der Waals surface area contributed by atoms with E-state index in [1.807, 2.05) is 6.07 Å². The standard InChI is InChI=1S/C13H18ClF/c1-10(2)6-12(9-14)7-11-4-3-5-13(15)8-11/h3-5,8,10,12H,6-7,9H2,1-2H3. The molecule has 0 N–H and O–H groups in total. The Morgan fingerprint density at radius 1 is 1.33 bits per heavy atom. The van der Waals surface area contributed by atoms with Crippen molar-refractivity contribution in [1.82, 2.24) is 0 Å². The minimum atomic E-state index is -0.162. The highest BCUT2D eigenvalue weighted by atomic mass is 35.5. The maximum Gasteiger partial charge on any atom is 0.123 e. The summed E-state index contributed by atoms with van der Waals surface area (Å²) in [4.78, 5) is 0. The van der Waals surface area contributed by atoms with Crippen LogP contribution in [-0.4, -0.2) is 5.88 Å². The van der Waals surface area contributed by atoms with Gasteiger partial charge in [-0.3, -0.25) is 0 Å². The van der Waals surface area contributed by atoms with Crippen LogP contribution in [0.1, 0.15) is 25.8 Å². The van der Waals surface area contributed by atoms with Gasteiger partial charge in [-0.15, -0.1) is 11.6 Å². The van der Waals surface area contributed by atoms with E-state index in [9.17, 15) is 4.39 Å². The lowest BCUT2D eigenvalue weighted by molar-refractivity contribution is 0.440. The average molecular weight is 229 g/mol. The van der Waals surface area contributed by atoms with E-state index < -0.39 is 0 Å². The Kier molecular flexibility index (Phi) is 5.10. The first-order valence-corrected chi connectivity index (χ1v) is 5.95. The summed E-state index contributed by atoms with van der Waals surface area (Å²) in [7, 11) is 0. The van der Waals surface area contributed by atoms with E-state index >= 15 is 0 Å². The Labute approximate surface area is 96.5 Å². The summed E-state index contributed by atoms with van der Waals surface area (Å²) < 4.78 is 13.0. The molecule has 0 saturated carbocycles. The number of hydrogen-bond acceptors (Lipinski definition) is 0. The predicted molar refractivity (Wildman–Crippen MR) is 63.8 cm³/mol. The molecule has 0 bridgehead atoms. The highest BCUT2D eigenvalue weighted by molar-refractivity contribution is 6.18. The summed E-state index contributed by atoms with van der Waals surface area (Å²) in [5, 5.41) is 0. The van der Waals surface area contributed by atoms with Gasteiger partial charge in [-0.05, 0) is 42.4 Å². The average Bonchev–Trinajstić information content (AvgIpc) is 2.16. The molecule has 84 valence electrons. The largest absolute Gasteiger partial charge is 0.207 e. The highest BCUT2D eigenvalue weighted by Crippen LogP contribution is 2.19. The van der Waals surface area contributed by atoms with Crippen molar-refractivity contribution in [2.75, 3.05) is 5.88 Å². The van der Waals surface area contributed by atoms with Crippen LogP contribution in [0.5, 0.6) is 0 Å². The molecule has 0 aliphatic rings. The van der Waals surface area contributed by atoms with Crippen LogP contribution in [-0.2, 0) is 6.42 Å². The quantitative estimate of drug-likeness (QED) is 0.661. The van der Waals surface area contributed by atoms with Crippen molar-refractivity contribution < 1.29 is 4.39 Å². The van der Waals surface area contributed by atoms with Gasteiger partial charge >= 0.3 is 0 Å². The van der Waals surface area contributed by atoms with Gasteiger partial charge in [0.2, 0.25) is 0 Å². The van der Waals surface area contributed by atoms with Crippen LogP contribution in [0, 0.1) is 17.7 Å². The lowest BCUT2D eigenvalue weighted by atomic mass is 9.92. The Morgan fingerprint density at radius 2 is 2.07 bits per heavy atom. The molecule has 15 heavy (non-hydrogen) atoms. The van der Waals surface area contributed by atoms with E-state index in [1.165, 1.54) is 6.07 Å². The summed E-state index contributed by atoms with van der Waals surface area (Å²) in [5.74, 6) is 1.58. The second-order valence-corrected chi connectivity index (χ2v) is 4.79. The highest BCUT2D eigenvalue weighted by Gasteiger charge is 2.10. The Hall–Kier alpha value is -0.560. The second-order valence-electron chi connectivity index (χ2n) is 4.48. The number of rotatable bonds is 5. The van der Waals surface area contributed by atoms with Crippen molar-refractivity contribution in [2.24, 2.45) is 11.8 Å². The minimum absolute atomic E-state index is 0.162. The molecule has 0 aliphatic carbocycles. The van der Waals surface area contributed by atoms with Crippen molar-refractivity contribution in [2.45, 2.75) is 26.7 Å². The molecular formula is C13H18ClF. The molecule has 0 radical (unpaired) electrons. The molecule has 0 nitrogen and oxygen atoms in total. The van der Waals surface area contributed by atoms with Crippen LogP contribution in [0.25, 0.3) is 0 Å². The van der Waals surface area contributed by atoms with Crippen molar-refractivity contribution in [3.8, 4) is 0 Å². The summed E-state index contributed by atoms with van der Waals surface area (Å²) >= 11 is 5.91. The zero-order valence-corrected chi connectivity index (χ0v) is 10.1. The number of hydrogen-bond donors (Lipinski definition) is 0. The third-order valence-electron chi connectivity index (χ3n) is 2.44. The van der Waals surface area contributed by atoms with Gasteiger partial charge in [0.25, 0.3) is 0 Å². The van der Waals surface area contributed by atoms with Gasteiger partial charge in [0.1, 0.15) is 5.82 Å². The van der Waals surface area contributed by atoms with Crippen LogP contribution >= 0.6 is 11.6 Å². The molecule has 1 unspecified atom stereocenters. The lowest BCUT2D eigenvalue weighted by Crippen LogP contribution is -2.09. The van der Waals surface area contributed by atoms with E-state index in [-0.39, 0.29) is 5.82 Å². The van der Waals surface area contributed by atoms with Crippen molar-refractivity contribution in [3.05, 3.63) is 35.6 Å².